The summed E-state index contributed by atoms with van der Waals surface area (Å²) in [6.45, 7) is 4.75. The summed E-state index contributed by atoms with van der Waals surface area (Å²) in [7, 11) is 0. The van der Waals surface area contributed by atoms with Crippen LogP contribution in [0.4, 0.5) is 0 Å². The highest BCUT2D eigenvalue weighted by molar-refractivity contribution is 6.26. The molecule has 8 aromatic carbocycles. The Hall–Kier alpha value is -5.86. The van der Waals surface area contributed by atoms with Crippen molar-refractivity contribution in [2.75, 3.05) is 0 Å². The fraction of sp³-hybridized carbons (Fsp3) is 0.0667. The molecule has 2 heteroatoms. The van der Waals surface area contributed by atoms with E-state index < -0.39 is 0 Å². The van der Waals surface area contributed by atoms with E-state index in [9.17, 15) is 0 Å². The summed E-state index contributed by atoms with van der Waals surface area (Å²) in [5, 5.41) is 10.0. The van der Waals surface area contributed by atoms with Crippen molar-refractivity contribution in [3.05, 3.63) is 157 Å². The van der Waals surface area contributed by atoms with Crippen molar-refractivity contribution in [2.45, 2.75) is 19.3 Å². The molecule has 10 rings (SSSR count). The second-order valence-electron chi connectivity index (χ2n) is 13.3. The number of benzene rings is 8. The molecule has 0 N–H and O–H groups in total. The molecule has 0 fully saturated rings. The van der Waals surface area contributed by atoms with Gasteiger partial charge >= 0.3 is 0 Å². The largest absolute Gasteiger partial charge is 0.244 e. The van der Waals surface area contributed by atoms with Crippen LogP contribution in [0.15, 0.2) is 146 Å². The first kappa shape index (κ1) is 26.4. The van der Waals surface area contributed by atoms with E-state index in [4.69, 9.17) is 9.97 Å². The smallest absolute Gasteiger partial charge is 0.0973 e. The van der Waals surface area contributed by atoms with E-state index in [1.54, 1.807) is 0 Å². The Bertz CT molecular complexity index is 2760. The minimum Gasteiger partial charge on any atom is -0.244 e. The molecule has 0 radical (unpaired) electrons. The van der Waals surface area contributed by atoms with E-state index >= 15 is 0 Å². The zero-order valence-corrected chi connectivity index (χ0v) is 26.3. The number of hydrogen-bond acceptors (Lipinski definition) is 2. The minimum absolute atomic E-state index is 0.0781. The van der Waals surface area contributed by atoms with Gasteiger partial charge in [-0.3, -0.25) is 0 Å². The molecule has 1 aromatic heterocycles. The van der Waals surface area contributed by atoms with E-state index in [0.29, 0.717) is 0 Å². The van der Waals surface area contributed by atoms with Crippen LogP contribution in [0.5, 0.6) is 0 Å². The van der Waals surface area contributed by atoms with Gasteiger partial charge in [0.1, 0.15) is 0 Å². The summed E-state index contributed by atoms with van der Waals surface area (Å²) in [6, 6.07) is 52.6. The van der Waals surface area contributed by atoms with Gasteiger partial charge in [0.05, 0.1) is 22.4 Å². The Balaban J connectivity index is 1.28. The molecule has 220 valence electrons. The first-order valence-corrected chi connectivity index (χ1v) is 16.3. The van der Waals surface area contributed by atoms with Gasteiger partial charge in [0, 0.05) is 21.9 Å². The van der Waals surface area contributed by atoms with Crippen LogP contribution >= 0.6 is 0 Å². The van der Waals surface area contributed by atoms with E-state index in [-0.39, 0.29) is 5.41 Å². The van der Waals surface area contributed by atoms with E-state index in [2.05, 4.69) is 153 Å². The van der Waals surface area contributed by atoms with Crippen LogP contribution in [-0.4, -0.2) is 9.97 Å². The Morgan fingerprint density at radius 3 is 2.02 bits per heavy atom. The fourth-order valence-corrected chi connectivity index (χ4v) is 8.26. The SMILES string of the molecule is CC1(C)c2ccccc2-c2c1c1ccccc1c1c2ccc2cc(-c3nc4c(ccc5ccccc54)nc3-c3ccccc3)ccc21. The Morgan fingerprint density at radius 2 is 1.15 bits per heavy atom. The third kappa shape index (κ3) is 3.67. The van der Waals surface area contributed by atoms with Gasteiger partial charge in [-0.2, -0.15) is 0 Å². The van der Waals surface area contributed by atoms with Gasteiger partial charge in [0.15, 0.2) is 0 Å². The molecule has 0 saturated carbocycles. The molecule has 0 aliphatic heterocycles. The molecule has 0 amide bonds. The highest BCUT2D eigenvalue weighted by Gasteiger charge is 2.38. The molecular weight excluding hydrogens is 569 g/mol. The molecule has 1 aliphatic carbocycles. The Morgan fingerprint density at radius 1 is 0.468 bits per heavy atom. The van der Waals surface area contributed by atoms with E-state index in [0.717, 1.165) is 38.9 Å². The van der Waals surface area contributed by atoms with Crippen LogP contribution in [0.1, 0.15) is 25.0 Å². The zero-order valence-electron chi connectivity index (χ0n) is 26.3. The predicted octanol–water partition coefficient (Wildman–Crippen LogP) is 11.9. The molecule has 0 bridgehead atoms. The summed E-state index contributed by atoms with van der Waals surface area (Å²) >= 11 is 0. The first-order chi connectivity index (χ1) is 23.1. The van der Waals surface area contributed by atoms with Gasteiger partial charge in [-0.15, -0.1) is 0 Å². The molecule has 2 nitrogen and oxygen atoms in total. The van der Waals surface area contributed by atoms with Gasteiger partial charge in [-0.25, -0.2) is 9.97 Å². The predicted molar refractivity (Wildman–Crippen MR) is 198 cm³/mol. The standard InChI is InChI=1S/C45H30N2/c1-45(2)37-19-11-10-18-35(37)40-36-24-20-29-26-30(21-23-31(29)39(36)33-16-8-9-17-34(33)41(40)45)43-42(28-13-4-3-5-14-28)46-38-25-22-27-12-6-7-15-32(27)44(38)47-43/h3-26H,1-2H3. The maximum Gasteiger partial charge on any atom is 0.0973 e. The number of hydrogen-bond donors (Lipinski definition) is 0. The van der Waals surface area contributed by atoms with Crippen molar-refractivity contribution in [1.82, 2.24) is 9.97 Å². The highest BCUT2D eigenvalue weighted by atomic mass is 14.8. The lowest BCUT2D eigenvalue weighted by molar-refractivity contribution is 0.666. The third-order valence-electron chi connectivity index (χ3n) is 10.4. The summed E-state index contributed by atoms with van der Waals surface area (Å²) in [6.07, 6.45) is 0. The minimum atomic E-state index is -0.0781. The van der Waals surface area contributed by atoms with Gasteiger partial charge in [0.2, 0.25) is 0 Å². The van der Waals surface area contributed by atoms with Gasteiger partial charge in [-0.1, -0.05) is 147 Å². The third-order valence-corrected chi connectivity index (χ3v) is 10.4. The molecule has 1 aliphatic rings. The topological polar surface area (TPSA) is 25.8 Å². The van der Waals surface area contributed by atoms with E-state index in [1.807, 2.05) is 6.07 Å². The van der Waals surface area contributed by atoms with Crippen LogP contribution in [0.3, 0.4) is 0 Å². The lowest BCUT2D eigenvalue weighted by atomic mass is 9.79. The van der Waals surface area contributed by atoms with Crippen LogP contribution in [0.25, 0.3) is 87.8 Å². The fourth-order valence-electron chi connectivity index (χ4n) is 8.26. The summed E-state index contributed by atoms with van der Waals surface area (Å²) in [5.41, 5.74) is 11.2. The molecule has 0 atom stereocenters. The van der Waals surface area contributed by atoms with E-state index in [1.165, 1.54) is 60.0 Å². The first-order valence-electron chi connectivity index (χ1n) is 16.3. The normalized spacial score (nSPS) is 13.5. The maximum atomic E-state index is 5.39. The van der Waals surface area contributed by atoms with Gasteiger partial charge in [0.25, 0.3) is 0 Å². The van der Waals surface area contributed by atoms with Gasteiger partial charge in [-0.05, 0) is 72.1 Å². The van der Waals surface area contributed by atoms with Crippen LogP contribution < -0.4 is 0 Å². The summed E-state index contributed by atoms with van der Waals surface area (Å²) < 4.78 is 0. The average Bonchev–Trinajstić information content (AvgIpc) is 3.37. The summed E-state index contributed by atoms with van der Waals surface area (Å²) in [5.74, 6) is 0. The molecule has 0 unspecified atom stereocenters. The second-order valence-corrected chi connectivity index (χ2v) is 13.3. The van der Waals surface area contributed by atoms with Crippen LogP contribution in [-0.2, 0) is 5.41 Å². The number of fused-ring (bicyclic) bond motifs is 13. The second kappa shape index (κ2) is 9.57. The molecule has 9 aromatic rings. The molecular formula is C45H30N2. The van der Waals surface area contributed by atoms with Crippen molar-refractivity contribution >= 4 is 54.1 Å². The maximum absolute atomic E-state index is 5.39. The number of rotatable bonds is 2. The monoisotopic (exact) mass is 598 g/mol. The molecule has 47 heavy (non-hydrogen) atoms. The quantitative estimate of drug-likeness (QED) is 0.185. The summed E-state index contributed by atoms with van der Waals surface area (Å²) in [4.78, 5) is 10.6. The van der Waals surface area contributed by atoms with Crippen molar-refractivity contribution in [3.8, 4) is 33.6 Å². The van der Waals surface area contributed by atoms with Crippen LogP contribution in [0, 0.1) is 0 Å². The number of nitrogens with zero attached hydrogens (tertiary/aromatic N) is 2. The van der Waals surface area contributed by atoms with Crippen molar-refractivity contribution in [2.24, 2.45) is 0 Å². The molecule has 1 heterocycles. The zero-order chi connectivity index (χ0) is 31.3. The lowest BCUT2D eigenvalue weighted by Gasteiger charge is -2.24. The lowest BCUT2D eigenvalue weighted by Crippen LogP contribution is -2.15. The van der Waals surface area contributed by atoms with Gasteiger partial charge < -0.3 is 0 Å². The molecule has 0 spiro atoms. The van der Waals surface area contributed by atoms with Crippen molar-refractivity contribution < 1.29 is 0 Å². The van der Waals surface area contributed by atoms with Crippen molar-refractivity contribution in [3.63, 3.8) is 0 Å². The van der Waals surface area contributed by atoms with Crippen LogP contribution in [0.2, 0.25) is 0 Å². The highest BCUT2D eigenvalue weighted by Crippen LogP contribution is 2.55. The Labute approximate surface area is 273 Å². The average molecular weight is 599 g/mol. The number of aromatic nitrogens is 2. The molecule has 0 saturated heterocycles. The Kier molecular flexibility index (Phi) is 5.37. The van der Waals surface area contributed by atoms with Crippen molar-refractivity contribution in [1.29, 1.82) is 0 Å².